The number of aliphatic carboxylic acids is 1. The molecule has 1 amide bonds. The van der Waals surface area contributed by atoms with Crippen molar-refractivity contribution in [2.45, 2.75) is 12.5 Å². The van der Waals surface area contributed by atoms with Crippen LogP contribution in [0.4, 0.5) is 8.78 Å². The highest BCUT2D eigenvalue weighted by Crippen LogP contribution is 2.13. The van der Waals surface area contributed by atoms with Crippen molar-refractivity contribution in [3.63, 3.8) is 0 Å². The van der Waals surface area contributed by atoms with Gasteiger partial charge in [0, 0.05) is 23.1 Å². The molecule has 3 aromatic rings. The minimum atomic E-state index is -1.29. The van der Waals surface area contributed by atoms with E-state index in [1.165, 1.54) is 0 Å². The number of ketones is 1. The molecule has 30 heavy (non-hydrogen) atoms. The van der Waals surface area contributed by atoms with E-state index in [9.17, 15) is 28.3 Å². The maximum absolute atomic E-state index is 13.3. The lowest BCUT2D eigenvalue weighted by Crippen LogP contribution is -2.42. The number of rotatable bonds is 7. The van der Waals surface area contributed by atoms with Gasteiger partial charge in [-0.05, 0) is 23.8 Å². The number of carbonyl (C=O) groups is 3. The topological polar surface area (TPSA) is 83.5 Å². The van der Waals surface area contributed by atoms with Crippen molar-refractivity contribution in [1.82, 2.24) is 5.32 Å². The molecule has 0 aliphatic heterocycles. The number of halogens is 2. The maximum atomic E-state index is 13.3. The van der Waals surface area contributed by atoms with Gasteiger partial charge in [-0.25, -0.2) is 13.6 Å². The molecule has 3 aromatic carbocycles. The van der Waals surface area contributed by atoms with E-state index in [1.807, 2.05) is 0 Å². The summed E-state index contributed by atoms with van der Waals surface area (Å²) in [7, 11) is 0. The second kappa shape index (κ2) is 9.09. The van der Waals surface area contributed by atoms with E-state index < -0.39 is 29.6 Å². The van der Waals surface area contributed by atoms with Crippen LogP contribution in [0.1, 0.15) is 31.8 Å². The zero-order valence-electron chi connectivity index (χ0n) is 15.6. The first-order valence-corrected chi connectivity index (χ1v) is 9.02. The fourth-order valence-electron chi connectivity index (χ4n) is 2.86. The molecule has 0 bridgehead atoms. The molecule has 152 valence electrons. The first-order valence-electron chi connectivity index (χ1n) is 9.02. The Morgan fingerprint density at radius 2 is 1.40 bits per heavy atom. The minimum absolute atomic E-state index is 0.0510. The normalized spacial score (nSPS) is 11.5. The summed E-state index contributed by atoms with van der Waals surface area (Å²) in [6.07, 6.45) is -0.0510. The molecule has 3 rings (SSSR count). The van der Waals surface area contributed by atoms with Crippen LogP contribution >= 0.6 is 0 Å². The van der Waals surface area contributed by atoms with Crippen LogP contribution in [0.2, 0.25) is 0 Å². The van der Waals surface area contributed by atoms with Gasteiger partial charge in [0.25, 0.3) is 5.91 Å². The van der Waals surface area contributed by atoms with Gasteiger partial charge in [-0.15, -0.1) is 0 Å². The third-order valence-corrected chi connectivity index (χ3v) is 4.48. The molecule has 0 radical (unpaired) electrons. The third-order valence-electron chi connectivity index (χ3n) is 4.48. The van der Waals surface area contributed by atoms with Crippen molar-refractivity contribution < 1.29 is 28.3 Å². The van der Waals surface area contributed by atoms with Crippen molar-refractivity contribution in [2.24, 2.45) is 0 Å². The molecular formula is C23H17F2NO4. The second-order valence-corrected chi connectivity index (χ2v) is 6.59. The SMILES string of the molecule is O=C(N[C@@H](Cc1ccc(C(=O)c2ccccc2)cc1)C(=O)O)c1ccc(F)c(F)c1. The zero-order chi connectivity index (χ0) is 21.7. The van der Waals surface area contributed by atoms with Gasteiger partial charge >= 0.3 is 5.97 Å². The Kier molecular flexibility index (Phi) is 6.32. The van der Waals surface area contributed by atoms with Gasteiger partial charge in [-0.1, -0.05) is 54.6 Å². The largest absolute Gasteiger partial charge is 0.480 e. The predicted octanol–water partition coefficient (Wildman–Crippen LogP) is 3.62. The molecule has 0 saturated carbocycles. The van der Waals surface area contributed by atoms with Gasteiger partial charge in [0.05, 0.1) is 0 Å². The smallest absolute Gasteiger partial charge is 0.326 e. The Bertz CT molecular complexity index is 1080. The summed E-state index contributed by atoms with van der Waals surface area (Å²) in [6.45, 7) is 0. The average molecular weight is 409 g/mol. The van der Waals surface area contributed by atoms with Gasteiger partial charge < -0.3 is 10.4 Å². The number of carbonyl (C=O) groups excluding carboxylic acids is 2. The minimum Gasteiger partial charge on any atom is -0.480 e. The Morgan fingerprint density at radius 3 is 2.00 bits per heavy atom. The van der Waals surface area contributed by atoms with Crippen LogP contribution in [0.25, 0.3) is 0 Å². The summed E-state index contributed by atoms with van der Waals surface area (Å²) in [5, 5.41) is 11.7. The Morgan fingerprint density at radius 1 is 0.800 bits per heavy atom. The summed E-state index contributed by atoms with van der Waals surface area (Å²) < 4.78 is 26.3. The second-order valence-electron chi connectivity index (χ2n) is 6.59. The fourth-order valence-corrected chi connectivity index (χ4v) is 2.86. The number of hydrogen-bond donors (Lipinski definition) is 2. The zero-order valence-corrected chi connectivity index (χ0v) is 15.6. The van der Waals surface area contributed by atoms with Gasteiger partial charge in [-0.2, -0.15) is 0 Å². The molecule has 2 N–H and O–H groups in total. The van der Waals surface area contributed by atoms with Crippen molar-refractivity contribution in [3.8, 4) is 0 Å². The van der Waals surface area contributed by atoms with Gasteiger partial charge in [0.15, 0.2) is 17.4 Å². The molecule has 5 nitrogen and oxygen atoms in total. The van der Waals surface area contributed by atoms with E-state index in [0.717, 1.165) is 12.1 Å². The summed E-state index contributed by atoms with van der Waals surface area (Å²) in [6, 6.07) is 16.4. The highest BCUT2D eigenvalue weighted by molar-refractivity contribution is 6.08. The van der Waals surface area contributed by atoms with E-state index in [2.05, 4.69) is 5.32 Å². The lowest BCUT2D eigenvalue weighted by Gasteiger charge is -2.15. The first kappa shape index (κ1) is 20.9. The lowest BCUT2D eigenvalue weighted by atomic mass is 9.99. The van der Waals surface area contributed by atoms with Crippen LogP contribution in [0.15, 0.2) is 72.8 Å². The fraction of sp³-hybridized carbons (Fsp3) is 0.0870. The summed E-state index contributed by atoms with van der Waals surface area (Å²) in [4.78, 5) is 36.2. The molecule has 0 spiro atoms. The molecule has 0 fully saturated rings. The molecule has 0 aliphatic carbocycles. The van der Waals surface area contributed by atoms with E-state index in [1.54, 1.807) is 54.6 Å². The summed E-state index contributed by atoms with van der Waals surface area (Å²) in [5.41, 5.74) is 1.37. The molecule has 1 atom stereocenters. The van der Waals surface area contributed by atoms with Crippen molar-refractivity contribution in [1.29, 1.82) is 0 Å². The molecular weight excluding hydrogens is 392 g/mol. The van der Waals surface area contributed by atoms with Gasteiger partial charge in [0.2, 0.25) is 0 Å². The molecule has 7 heteroatoms. The van der Waals surface area contributed by atoms with Crippen LogP contribution in [0.3, 0.4) is 0 Å². The number of nitrogens with one attached hydrogen (secondary N) is 1. The van der Waals surface area contributed by atoms with Crippen LogP contribution in [0.5, 0.6) is 0 Å². The number of carboxylic acid groups (broad SMARTS) is 1. The van der Waals surface area contributed by atoms with Crippen LogP contribution < -0.4 is 5.32 Å². The van der Waals surface area contributed by atoms with Crippen LogP contribution in [-0.4, -0.2) is 28.8 Å². The molecule has 0 heterocycles. The molecule has 0 saturated heterocycles. The molecule has 0 aromatic heterocycles. The number of benzene rings is 3. The third kappa shape index (κ3) is 4.94. The number of carboxylic acids is 1. The van der Waals surface area contributed by atoms with E-state index in [4.69, 9.17) is 0 Å². The van der Waals surface area contributed by atoms with Crippen molar-refractivity contribution in [2.75, 3.05) is 0 Å². The highest BCUT2D eigenvalue weighted by Gasteiger charge is 2.22. The van der Waals surface area contributed by atoms with Crippen molar-refractivity contribution in [3.05, 3.63) is 107 Å². The van der Waals surface area contributed by atoms with Crippen LogP contribution in [-0.2, 0) is 11.2 Å². The standard InChI is InChI=1S/C23H17F2NO4/c24-18-11-10-17(13-19(18)25)22(28)26-20(23(29)30)12-14-6-8-16(9-7-14)21(27)15-4-2-1-3-5-15/h1-11,13,20H,12H2,(H,26,28)(H,29,30)/t20-/m0/s1. The Balaban J connectivity index is 1.70. The average Bonchev–Trinajstić information content (AvgIpc) is 2.75. The van der Waals surface area contributed by atoms with E-state index in [0.29, 0.717) is 22.8 Å². The number of hydrogen-bond acceptors (Lipinski definition) is 3. The van der Waals surface area contributed by atoms with Gasteiger partial charge in [0.1, 0.15) is 6.04 Å². The van der Waals surface area contributed by atoms with Crippen LogP contribution in [0, 0.1) is 11.6 Å². The van der Waals surface area contributed by atoms with E-state index in [-0.39, 0.29) is 17.8 Å². The van der Waals surface area contributed by atoms with E-state index >= 15 is 0 Å². The monoisotopic (exact) mass is 409 g/mol. The number of amides is 1. The van der Waals surface area contributed by atoms with Crippen molar-refractivity contribution >= 4 is 17.7 Å². The Labute approximate surface area is 171 Å². The summed E-state index contributed by atoms with van der Waals surface area (Å²) >= 11 is 0. The van der Waals surface area contributed by atoms with Gasteiger partial charge in [-0.3, -0.25) is 9.59 Å². The highest BCUT2D eigenvalue weighted by atomic mass is 19.2. The maximum Gasteiger partial charge on any atom is 0.326 e. The quantitative estimate of drug-likeness (QED) is 0.584. The molecule has 0 unspecified atom stereocenters. The summed E-state index contributed by atoms with van der Waals surface area (Å²) in [5.74, 6) is -4.59. The lowest BCUT2D eigenvalue weighted by molar-refractivity contribution is -0.139. The predicted molar refractivity (Wildman–Crippen MR) is 105 cm³/mol. The first-order chi connectivity index (χ1) is 14.3. The Hall–Kier alpha value is -3.87. The molecule has 0 aliphatic rings.